The molecule has 1 aromatic carbocycles. The minimum Gasteiger partial charge on any atom is -0.455 e. The third-order valence-corrected chi connectivity index (χ3v) is 5.92. The third-order valence-electron chi connectivity index (χ3n) is 4.75. The molecule has 6 heteroatoms. The van der Waals surface area contributed by atoms with Crippen molar-refractivity contribution in [2.75, 3.05) is 13.2 Å². The van der Waals surface area contributed by atoms with Crippen LogP contribution in [0.15, 0.2) is 24.3 Å². The largest absolute Gasteiger partial charge is 0.455 e. The van der Waals surface area contributed by atoms with Crippen LogP contribution in [-0.2, 0) is 14.3 Å². The minimum atomic E-state index is -0.270. The van der Waals surface area contributed by atoms with E-state index in [1.807, 2.05) is 32.0 Å². The quantitative estimate of drug-likeness (QED) is 0.779. The van der Waals surface area contributed by atoms with Gasteiger partial charge in [-0.15, -0.1) is 11.3 Å². The normalized spacial score (nSPS) is 20.3. The number of hydrogen-bond donors (Lipinski definition) is 1. The van der Waals surface area contributed by atoms with Gasteiger partial charge in [-0.1, -0.05) is 38.8 Å². The number of carbonyl (C=O) groups excluding carboxylic acids is 2. The summed E-state index contributed by atoms with van der Waals surface area (Å²) >= 11 is 1.66. The maximum atomic E-state index is 12.6. The van der Waals surface area contributed by atoms with E-state index >= 15 is 0 Å². The maximum absolute atomic E-state index is 12.6. The van der Waals surface area contributed by atoms with Crippen LogP contribution in [-0.4, -0.2) is 30.0 Å². The van der Waals surface area contributed by atoms with E-state index in [2.05, 4.69) is 11.4 Å². The number of hydrogen-bond acceptors (Lipinski definition) is 5. The van der Waals surface area contributed by atoms with Crippen LogP contribution in [0.5, 0.6) is 0 Å². The zero-order valence-corrected chi connectivity index (χ0v) is 16.2. The molecule has 2 aromatic rings. The molecule has 1 aliphatic carbocycles. The molecule has 0 saturated heterocycles. The molecule has 0 spiro atoms. The Kier molecular flexibility index (Phi) is 6.25. The number of ether oxygens (including phenoxy) is 1. The first-order chi connectivity index (χ1) is 12.5. The molecule has 5 nitrogen and oxygen atoms in total. The Hall–Kier alpha value is -1.95. The lowest BCUT2D eigenvalue weighted by Gasteiger charge is -2.28. The zero-order valence-electron chi connectivity index (χ0n) is 15.4. The standard InChI is InChI=1S/C20H26N2O3S/c1-13(2)11-21-18(23)12-25-20(24)15-8-4-3-7-14(15)19-22-16-9-5-6-10-17(16)26-19/h5-6,9-10,13-15H,3-4,7-8,11-12H2,1-2H3,(H,21,23)/t14-,15-/m0/s1. The molecule has 0 bridgehead atoms. The highest BCUT2D eigenvalue weighted by Gasteiger charge is 2.35. The fourth-order valence-electron chi connectivity index (χ4n) is 3.37. The number of thiazole rings is 1. The molecule has 26 heavy (non-hydrogen) atoms. The Balaban J connectivity index is 1.64. The molecule has 1 saturated carbocycles. The summed E-state index contributed by atoms with van der Waals surface area (Å²) in [5, 5.41) is 3.79. The highest BCUT2D eigenvalue weighted by atomic mass is 32.1. The fraction of sp³-hybridized carbons (Fsp3) is 0.550. The van der Waals surface area contributed by atoms with Gasteiger partial charge in [0.2, 0.25) is 0 Å². The van der Waals surface area contributed by atoms with Crippen molar-refractivity contribution in [3.05, 3.63) is 29.3 Å². The molecule has 1 aliphatic rings. The van der Waals surface area contributed by atoms with Crippen molar-refractivity contribution in [1.82, 2.24) is 10.3 Å². The van der Waals surface area contributed by atoms with E-state index in [4.69, 9.17) is 9.72 Å². The predicted molar refractivity (Wildman–Crippen MR) is 103 cm³/mol. The molecule has 140 valence electrons. The van der Waals surface area contributed by atoms with Gasteiger partial charge in [0.25, 0.3) is 5.91 Å². The van der Waals surface area contributed by atoms with Gasteiger partial charge in [0.1, 0.15) is 0 Å². The Morgan fingerprint density at radius 2 is 2.04 bits per heavy atom. The molecule has 1 fully saturated rings. The lowest BCUT2D eigenvalue weighted by Crippen LogP contribution is -2.34. The maximum Gasteiger partial charge on any atom is 0.310 e. The number of esters is 1. The lowest BCUT2D eigenvalue weighted by molar-refractivity contribution is -0.154. The minimum absolute atomic E-state index is 0.0902. The number of rotatable bonds is 6. The second-order valence-corrected chi connectivity index (χ2v) is 8.39. The predicted octanol–water partition coefficient (Wildman–Crippen LogP) is 3.89. The molecule has 3 rings (SSSR count). The molecule has 0 radical (unpaired) electrons. The molecular weight excluding hydrogens is 348 g/mol. The van der Waals surface area contributed by atoms with Crippen LogP contribution in [0.4, 0.5) is 0 Å². The van der Waals surface area contributed by atoms with Crippen LogP contribution in [0.2, 0.25) is 0 Å². The van der Waals surface area contributed by atoms with E-state index in [0.717, 1.165) is 40.9 Å². The van der Waals surface area contributed by atoms with Crippen molar-refractivity contribution in [2.24, 2.45) is 11.8 Å². The Bertz CT molecular complexity index is 738. The molecular formula is C20H26N2O3S. The van der Waals surface area contributed by atoms with Crippen molar-refractivity contribution in [1.29, 1.82) is 0 Å². The van der Waals surface area contributed by atoms with Crippen molar-refractivity contribution in [3.63, 3.8) is 0 Å². The van der Waals surface area contributed by atoms with Crippen molar-refractivity contribution in [2.45, 2.75) is 45.4 Å². The van der Waals surface area contributed by atoms with E-state index in [-0.39, 0.29) is 30.3 Å². The number of fused-ring (bicyclic) bond motifs is 1. The summed E-state index contributed by atoms with van der Waals surface area (Å²) in [4.78, 5) is 29.2. The first-order valence-corrected chi connectivity index (χ1v) is 10.1. The zero-order chi connectivity index (χ0) is 18.5. The summed E-state index contributed by atoms with van der Waals surface area (Å²) in [6.45, 7) is 4.44. The number of amides is 1. The van der Waals surface area contributed by atoms with E-state index in [1.54, 1.807) is 11.3 Å². The van der Waals surface area contributed by atoms with Crippen molar-refractivity contribution < 1.29 is 14.3 Å². The Morgan fingerprint density at radius 1 is 1.27 bits per heavy atom. The van der Waals surface area contributed by atoms with Gasteiger partial charge in [-0.05, 0) is 30.9 Å². The smallest absolute Gasteiger partial charge is 0.310 e. The number of aromatic nitrogens is 1. The number of carbonyl (C=O) groups is 2. The number of nitrogens with one attached hydrogen (secondary N) is 1. The topological polar surface area (TPSA) is 68.3 Å². The lowest BCUT2D eigenvalue weighted by atomic mass is 9.79. The van der Waals surface area contributed by atoms with Gasteiger partial charge in [-0.2, -0.15) is 0 Å². The summed E-state index contributed by atoms with van der Waals surface area (Å²) in [6, 6.07) is 8.05. The summed E-state index contributed by atoms with van der Waals surface area (Å²) < 4.78 is 6.47. The van der Waals surface area contributed by atoms with Gasteiger partial charge < -0.3 is 10.1 Å². The Morgan fingerprint density at radius 3 is 2.81 bits per heavy atom. The average molecular weight is 375 g/mol. The van der Waals surface area contributed by atoms with Gasteiger partial charge in [-0.25, -0.2) is 4.98 Å². The summed E-state index contributed by atoms with van der Waals surface area (Å²) in [5.41, 5.74) is 0.984. The van der Waals surface area contributed by atoms with E-state index in [1.165, 1.54) is 0 Å². The number of para-hydroxylation sites is 1. The fourth-order valence-corrected chi connectivity index (χ4v) is 4.54. The summed E-state index contributed by atoms with van der Waals surface area (Å²) in [6.07, 6.45) is 3.85. The molecule has 1 heterocycles. The van der Waals surface area contributed by atoms with Crippen LogP contribution < -0.4 is 5.32 Å². The van der Waals surface area contributed by atoms with Crippen LogP contribution in [0.25, 0.3) is 10.2 Å². The van der Waals surface area contributed by atoms with Crippen molar-refractivity contribution in [3.8, 4) is 0 Å². The third kappa shape index (κ3) is 4.61. The van der Waals surface area contributed by atoms with Gasteiger partial charge in [-0.3, -0.25) is 9.59 Å². The van der Waals surface area contributed by atoms with Crippen LogP contribution in [0, 0.1) is 11.8 Å². The SMILES string of the molecule is CC(C)CNC(=O)COC(=O)[C@H]1CCCC[C@@H]1c1nc2ccccc2s1. The van der Waals surface area contributed by atoms with Gasteiger partial charge in [0.05, 0.1) is 21.1 Å². The number of benzene rings is 1. The second-order valence-electron chi connectivity index (χ2n) is 7.32. The van der Waals surface area contributed by atoms with Crippen LogP contribution >= 0.6 is 11.3 Å². The van der Waals surface area contributed by atoms with Crippen LogP contribution in [0.1, 0.15) is 50.5 Å². The Labute approximate surface area is 158 Å². The highest BCUT2D eigenvalue weighted by molar-refractivity contribution is 7.18. The second kappa shape index (κ2) is 8.62. The van der Waals surface area contributed by atoms with Gasteiger partial charge in [0, 0.05) is 12.5 Å². The molecule has 0 aliphatic heterocycles. The molecule has 1 amide bonds. The molecule has 2 atom stereocenters. The summed E-state index contributed by atoms with van der Waals surface area (Å²) in [5.74, 6) is -0.251. The van der Waals surface area contributed by atoms with E-state index in [9.17, 15) is 9.59 Å². The monoisotopic (exact) mass is 374 g/mol. The highest BCUT2D eigenvalue weighted by Crippen LogP contribution is 2.41. The average Bonchev–Trinajstić information content (AvgIpc) is 3.08. The molecule has 0 unspecified atom stereocenters. The first kappa shape index (κ1) is 18.8. The van der Waals surface area contributed by atoms with Gasteiger partial charge >= 0.3 is 5.97 Å². The summed E-state index contributed by atoms with van der Waals surface area (Å²) in [7, 11) is 0. The first-order valence-electron chi connectivity index (χ1n) is 9.33. The van der Waals surface area contributed by atoms with Crippen molar-refractivity contribution >= 4 is 33.4 Å². The van der Waals surface area contributed by atoms with E-state index in [0.29, 0.717) is 12.5 Å². The molecule has 1 aromatic heterocycles. The van der Waals surface area contributed by atoms with Crippen LogP contribution in [0.3, 0.4) is 0 Å². The van der Waals surface area contributed by atoms with Gasteiger partial charge in [0.15, 0.2) is 6.61 Å². The van der Waals surface area contributed by atoms with E-state index < -0.39 is 0 Å². The number of nitrogens with zero attached hydrogens (tertiary/aromatic N) is 1. The molecule has 1 N–H and O–H groups in total.